The van der Waals surface area contributed by atoms with Crippen LogP contribution >= 0.6 is 0 Å². The molecule has 0 spiro atoms. The summed E-state index contributed by atoms with van der Waals surface area (Å²) in [5, 5.41) is 38.7. The molecule has 0 aromatic heterocycles. The Morgan fingerprint density at radius 3 is 2.16 bits per heavy atom. The Balaban J connectivity index is 3.82. The van der Waals surface area contributed by atoms with Gasteiger partial charge in [0.2, 0.25) is 0 Å². The molecule has 0 rings (SSSR count). The van der Waals surface area contributed by atoms with Crippen molar-refractivity contribution >= 4 is 5.97 Å². The number of hydrogen-bond acceptors (Lipinski definition) is 5. The molecule has 25 heavy (non-hydrogen) atoms. The lowest BCUT2D eigenvalue weighted by Gasteiger charge is -2.04. The fraction of sp³-hybridized carbons (Fsp3) is 0.550. The number of unbranched alkanes of at least 4 members (excludes halogenated alkanes) is 1. The summed E-state index contributed by atoms with van der Waals surface area (Å²) in [6.07, 6.45) is 16.5. The third-order valence-corrected chi connectivity index (χ3v) is 3.42. The predicted molar refractivity (Wildman–Crippen MR) is 97.6 cm³/mol. The second-order valence-electron chi connectivity index (χ2n) is 6.04. The standard InChI is InChI=1S/C20H32O5/c1-17(21)11-6-2-3-7-12-18(22)13-8-4-5-9-14-19(23)15-10-16-20(24)25/h3-5,7-9,13-14,17-19,21-23H,2,6,10-12,15-16H2,1H3,(H,24,25)/p-1/b5-4+,7-3-,13-8+,14-9-/t17?,18-,19-/m1/s1. The highest BCUT2D eigenvalue weighted by atomic mass is 16.4. The molecule has 0 aliphatic heterocycles. The summed E-state index contributed by atoms with van der Waals surface area (Å²) in [4.78, 5) is 10.2. The molecule has 3 atom stereocenters. The SMILES string of the molecule is CC(O)CCC/C=C\C[C@@H](O)/C=C/C=C/C=C\[C@@H](O)CCCC(=O)[O-]. The van der Waals surface area contributed by atoms with Crippen LogP contribution in [0.1, 0.15) is 51.9 Å². The van der Waals surface area contributed by atoms with Crippen LogP contribution in [0, 0.1) is 0 Å². The van der Waals surface area contributed by atoms with Crippen molar-refractivity contribution in [3.05, 3.63) is 48.6 Å². The molecule has 0 saturated carbocycles. The van der Waals surface area contributed by atoms with E-state index in [1.54, 1.807) is 43.4 Å². The lowest BCUT2D eigenvalue weighted by Crippen LogP contribution is -2.22. The molecular formula is C20H31O5-. The zero-order chi connectivity index (χ0) is 18.9. The van der Waals surface area contributed by atoms with Crippen molar-refractivity contribution in [2.45, 2.75) is 70.2 Å². The van der Waals surface area contributed by atoms with Gasteiger partial charge in [-0.05, 0) is 51.9 Å². The number of rotatable bonds is 14. The molecule has 0 fully saturated rings. The van der Waals surface area contributed by atoms with Gasteiger partial charge in [0.25, 0.3) is 0 Å². The minimum Gasteiger partial charge on any atom is -0.550 e. The van der Waals surface area contributed by atoms with Crippen molar-refractivity contribution in [1.82, 2.24) is 0 Å². The molecule has 5 heteroatoms. The van der Waals surface area contributed by atoms with Crippen molar-refractivity contribution in [2.24, 2.45) is 0 Å². The van der Waals surface area contributed by atoms with Gasteiger partial charge in [0.1, 0.15) is 0 Å². The third kappa shape index (κ3) is 18.5. The minimum absolute atomic E-state index is 0.0453. The van der Waals surface area contributed by atoms with Crippen LogP contribution in [-0.4, -0.2) is 39.6 Å². The molecule has 0 aromatic carbocycles. The van der Waals surface area contributed by atoms with Crippen LogP contribution in [0.2, 0.25) is 0 Å². The van der Waals surface area contributed by atoms with Crippen molar-refractivity contribution < 1.29 is 25.2 Å². The molecule has 3 N–H and O–H groups in total. The fourth-order valence-corrected chi connectivity index (χ4v) is 2.03. The maximum absolute atomic E-state index is 10.2. The van der Waals surface area contributed by atoms with E-state index in [4.69, 9.17) is 5.11 Å². The van der Waals surface area contributed by atoms with E-state index < -0.39 is 18.2 Å². The summed E-state index contributed by atoms with van der Waals surface area (Å²) in [6, 6.07) is 0. The number of carboxylic acid groups (broad SMARTS) is 1. The topological polar surface area (TPSA) is 101 Å². The van der Waals surface area contributed by atoms with E-state index in [0.717, 1.165) is 19.3 Å². The molecule has 0 bridgehead atoms. The number of carbonyl (C=O) groups excluding carboxylic acids is 1. The molecular weight excluding hydrogens is 320 g/mol. The van der Waals surface area contributed by atoms with E-state index in [0.29, 0.717) is 19.3 Å². The van der Waals surface area contributed by atoms with Gasteiger partial charge < -0.3 is 25.2 Å². The highest BCUT2D eigenvalue weighted by molar-refractivity contribution is 5.64. The summed E-state index contributed by atoms with van der Waals surface area (Å²) < 4.78 is 0. The third-order valence-electron chi connectivity index (χ3n) is 3.42. The van der Waals surface area contributed by atoms with Crippen LogP contribution in [-0.2, 0) is 4.79 Å². The van der Waals surface area contributed by atoms with Crippen LogP contribution < -0.4 is 5.11 Å². The molecule has 0 saturated heterocycles. The van der Waals surface area contributed by atoms with Gasteiger partial charge in [-0.15, -0.1) is 0 Å². The van der Waals surface area contributed by atoms with E-state index in [1.165, 1.54) is 0 Å². The largest absolute Gasteiger partial charge is 0.550 e. The molecule has 0 heterocycles. The molecule has 0 aromatic rings. The average Bonchev–Trinajstić information content (AvgIpc) is 2.53. The minimum atomic E-state index is -1.10. The molecule has 0 aliphatic carbocycles. The molecule has 1 unspecified atom stereocenters. The van der Waals surface area contributed by atoms with E-state index in [9.17, 15) is 20.1 Å². The first-order chi connectivity index (χ1) is 11.9. The quantitative estimate of drug-likeness (QED) is 0.252. The number of aliphatic hydroxyl groups is 3. The van der Waals surface area contributed by atoms with Gasteiger partial charge in [-0.2, -0.15) is 0 Å². The Morgan fingerprint density at radius 2 is 1.56 bits per heavy atom. The Labute approximate surface area is 150 Å². The summed E-state index contributed by atoms with van der Waals surface area (Å²) >= 11 is 0. The van der Waals surface area contributed by atoms with E-state index in [-0.39, 0.29) is 12.5 Å². The first kappa shape index (κ1) is 23.3. The monoisotopic (exact) mass is 351 g/mol. The van der Waals surface area contributed by atoms with Gasteiger partial charge in [0.05, 0.1) is 18.3 Å². The van der Waals surface area contributed by atoms with E-state index in [1.807, 2.05) is 12.2 Å². The van der Waals surface area contributed by atoms with Crippen LogP contribution in [0.4, 0.5) is 0 Å². The zero-order valence-electron chi connectivity index (χ0n) is 15.0. The van der Waals surface area contributed by atoms with Gasteiger partial charge in [0.15, 0.2) is 0 Å². The lowest BCUT2D eigenvalue weighted by molar-refractivity contribution is -0.305. The number of aliphatic carboxylic acids is 1. The predicted octanol–water partition coefficient (Wildman–Crippen LogP) is 1.79. The number of allylic oxidation sites excluding steroid dienone is 5. The zero-order valence-corrected chi connectivity index (χ0v) is 15.0. The van der Waals surface area contributed by atoms with Gasteiger partial charge in [-0.1, -0.05) is 48.6 Å². The van der Waals surface area contributed by atoms with Crippen LogP contribution in [0.25, 0.3) is 0 Å². The Bertz CT molecular complexity index is 449. The maximum atomic E-state index is 10.2. The first-order valence-corrected chi connectivity index (χ1v) is 8.82. The highest BCUT2D eigenvalue weighted by Gasteiger charge is 1.98. The van der Waals surface area contributed by atoms with Crippen molar-refractivity contribution in [3.8, 4) is 0 Å². The van der Waals surface area contributed by atoms with Gasteiger partial charge >= 0.3 is 0 Å². The molecule has 0 amide bonds. The average molecular weight is 351 g/mol. The second kappa shape index (κ2) is 15.8. The first-order valence-electron chi connectivity index (χ1n) is 8.82. The molecule has 0 radical (unpaired) electrons. The van der Waals surface area contributed by atoms with Gasteiger partial charge in [-0.25, -0.2) is 0 Å². The number of carbonyl (C=O) groups is 1. The Morgan fingerprint density at radius 1 is 0.920 bits per heavy atom. The highest BCUT2D eigenvalue weighted by Crippen LogP contribution is 2.03. The van der Waals surface area contributed by atoms with Crippen molar-refractivity contribution in [3.63, 3.8) is 0 Å². The molecule has 0 aliphatic rings. The smallest absolute Gasteiger partial charge is 0.0758 e. The summed E-state index contributed by atoms with van der Waals surface area (Å²) in [7, 11) is 0. The van der Waals surface area contributed by atoms with Crippen LogP contribution in [0.5, 0.6) is 0 Å². The van der Waals surface area contributed by atoms with Crippen molar-refractivity contribution in [1.29, 1.82) is 0 Å². The second-order valence-corrected chi connectivity index (χ2v) is 6.04. The van der Waals surface area contributed by atoms with Gasteiger partial charge in [-0.3, -0.25) is 0 Å². The maximum Gasteiger partial charge on any atom is 0.0758 e. The normalized spacial score (nSPS) is 16.3. The van der Waals surface area contributed by atoms with Crippen molar-refractivity contribution in [2.75, 3.05) is 0 Å². The van der Waals surface area contributed by atoms with E-state index in [2.05, 4.69) is 0 Å². The van der Waals surface area contributed by atoms with Crippen LogP contribution in [0.15, 0.2) is 48.6 Å². The Hall–Kier alpha value is -1.69. The summed E-state index contributed by atoms with van der Waals surface area (Å²) in [5.74, 6) is -1.10. The van der Waals surface area contributed by atoms with E-state index >= 15 is 0 Å². The van der Waals surface area contributed by atoms with Crippen LogP contribution in [0.3, 0.4) is 0 Å². The molecule has 142 valence electrons. The fourth-order valence-electron chi connectivity index (χ4n) is 2.03. The Kier molecular flexibility index (Phi) is 14.7. The number of carboxylic acids is 1. The lowest BCUT2D eigenvalue weighted by atomic mass is 10.1. The summed E-state index contributed by atoms with van der Waals surface area (Å²) in [6.45, 7) is 1.78. The van der Waals surface area contributed by atoms with Gasteiger partial charge in [0, 0.05) is 5.97 Å². The number of hydrogen-bond donors (Lipinski definition) is 3. The summed E-state index contributed by atoms with van der Waals surface area (Å²) in [5.41, 5.74) is 0. The number of aliphatic hydroxyl groups excluding tert-OH is 3. The molecule has 5 nitrogen and oxygen atoms in total.